The van der Waals surface area contributed by atoms with Gasteiger partial charge in [-0.3, -0.25) is 0 Å². The molecule has 2 rings (SSSR count). The Balaban J connectivity index is 1.81. The molecule has 0 amide bonds. The van der Waals surface area contributed by atoms with E-state index in [1.807, 2.05) is 12.1 Å². The monoisotopic (exact) mass is 234 g/mol. The molecule has 2 N–H and O–H groups in total. The van der Waals surface area contributed by atoms with Crippen molar-refractivity contribution in [1.82, 2.24) is 0 Å². The Morgan fingerprint density at radius 3 is 2.56 bits per heavy atom. The molecule has 3 heteroatoms. The van der Waals surface area contributed by atoms with Crippen LogP contribution in [-0.4, -0.2) is 6.26 Å². The fraction of sp³-hybridized carbons (Fsp3) is 0.231. The molecule has 0 aliphatic carbocycles. The van der Waals surface area contributed by atoms with E-state index in [-0.39, 0.29) is 0 Å². The molecule has 2 aromatic rings. The van der Waals surface area contributed by atoms with Crippen LogP contribution in [0.15, 0.2) is 52.0 Å². The lowest BCUT2D eigenvalue weighted by Crippen LogP contribution is -2.80. The van der Waals surface area contributed by atoms with E-state index in [4.69, 9.17) is 4.42 Å². The zero-order valence-electron chi connectivity index (χ0n) is 9.35. The van der Waals surface area contributed by atoms with Crippen molar-refractivity contribution in [1.29, 1.82) is 0 Å². The zero-order valence-corrected chi connectivity index (χ0v) is 10.2. The minimum atomic E-state index is 0.900. The van der Waals surface area contributed by atoms with Gasteiger partial charge in [0.25, 0.3) is 0 Å². The smallest absolute Gasteiger partial charge is 0.157 e. The van der Waals surface area contributed by atoms with Crippen LogP contribution in [0, 0.1) is 0 Å². The molecular formula is C13H16NOS+. The second-order valence-corrected chi connectivity index (χ2v) is 4.50. The lowest BCUT2D eigenvalue weighted by atomic mass is 10.2. The summed E-state index contributed by atoms with van der Waals surface area (Å²) in [5.74, 6) is 1.03. The maximum Gasteiger partial charge on any atom is 0.157 e. The third-order valence-electron chi connectivity index (χ3n) is 2.46. The highest BCUT2D eigenvalue weighted by Gasteiger charge is 1.99. The zero-order chi connectivity index (χ0) is 11.2. The molecule has 0 unspecified atom stereocenters. The van der Waals surface area contributed by atoms with Gasteiger partial charge in [-0.1, -0.05) is 12.1 Å². The predicted octanol–water partition coefficient (Wildman–Crippen LogP) is 2.27. The van der Waals surface area contributed by atoms with Crippen molar-refractivity contribution in [3.63, 3.8) is 0 Å². The summed E-state index contributed by atoms with van der Waals surface area (Å²) in [6.07, 6.45) is 3.81. The summed E-state index contributed by atoms with van der Waals surface area (Å²) in [5.41, 5.74) is 1.35. The van der Waals surface area contributed by atoms with Gasteiger partial charge in [-0.2, -0.15) is 0 Å². The van der Waals surface area contributed by atoms with Gasteiger partial charge in [-0.05, 0) is 30.5 Å². The van der Waals surface area contributed by atoms with Gasteiger partial charge in [0, 0.05) is 10.5 Å². The molecule has 16 heavy (non-hydrogen) atoms. The average Bonchev–Trinajstić information content (AvgIpc) is 2.83. The molecular weight excluding hydrogens is 218 g/mol. The van der Waals surface area contributed by atoms with E-state index in [0.29, 0.717) is 0 Å². The van der Waals surface area contributed by atoms with Crippen molar-refractivity contribution in [2.75, 3.05) is 6.26 Å². The van der Waals surface area contributed by atoms with Gasteiger partial charge >= 0.3 is 0 Å². The molecule has 0 saturated heterocycles. The minimum absolute atomic E-state index is 0.900. The highest BCUT2D eigenvalue weighted by Crippen LogP contribution is 2.14. The molecule has 1 heterocycles. The minimum Gasteiger partial charge on any atom is -0.463 e. The van der Waals surface area contributed by atoms with Crippen molar-refractivity contribution in [3.8, 4) is 0 Å². The Bertz CT molecular complexity index is 408. The van der Waals surface area contributed by atoms with Gasteiger partial charge in [0.05, 0.1) is 6.26 Å². The number of rotatable bonds is 5. The molecule has 0 spiro atoms. The molecule has 84 valence electrons. The van der Waals surface area contributed by atoms with Crippen LogP contribution in [0.4, 0.5) is 0 Å². The predicted molar refractivity (Wildman–Crippen MR) is 66.3 cm³/mol. The first-order valence-corrected chi connectivity index (χ1v) is 6.58. The van der Waals surface area contributed by atoms with Crippen LogP contribution in [0.2, 0.25) is 0 Å². The van der Waals surface area contributed by atoms with Gasteiger partial charge < -0.3 is 9.73 Å². The standard InChI is InChI=1S/C13H15NOS/c1-16-13-6-4-11(5-7-13)9-14-10-12-3-2-8-15-12/h2-8,14H,9-10H2,1H3/p+1. The Kier molecular flexibility index (Phi) is 4.08. The van der Waals surface area contributed by atoms with Gasteiger partial charge in [0.1, 0.15) is 13.1 Å². The molecule has 0 radical (unpaired) electrons. The first-order chi connectivity index (χ1) is 7.88. The van der Waals surface area contributed by atoms with Gasteiger partial charge in [0.2, 0.25) is 0 Å². The van der Waals surface area contributed by atoms with Crippen molar-refractivity contribution < 1.29 is 9.73 Å². The molecule has 0 fully saturated rings. The third kappa shape index (κ3) is 3.15. The summed E-state index contributed by atoms with van der Waals surface area (Å²) in [7, 11) is 0. The second kappa shape index (κ2) is 5.77. The van der Waals surface area contributed by atoms with Crippen LogP contribution < -0.4 is 5.32 Å². The highest BCUT2D eigenvalue weighted by molar-refractivity contribution is 7.98. The summed E-state index contributed by atoms with van der Waals surface area (Å²) in [4.78, 5) is 1.31. The number of benzene rings is 1. The van der Waals surface area contributed by atoms with Crippen LogP contribution >= 0.6 is 11.8 Å². The number of quaternary nitrogens is 1. The van der Waals surface area contributed by atoms with Crippen molar-refractivity contribution in [3.05, 3.63) is 54.0 Å². The van der Waals surface area contributed by atoms with E-state index in [1.54, 1.807) is 18.0 Å². The van der Waals surface area contributed by atoms with Crippen LogP contribution in [0.3, 0.4) is 0 Å². The van der Waals surface area contributed by atoms with E-state index in [0.717, 1.165) is 18.8 Å². The highest BCUT2D eigenvalue weighted by atomic mass is 32.2. The number of thioether (sulfide) groups is 1. The lowest BCUT2D eigenvalue weighted by molar-refractivity contribution is -0.688. The quantitative estimate of drug-likeness (QED) is 0.804. The molecule has 1 aromatic carbocycles. The Morgan fingerprint density at radius 1 is 1.12 bits per heavy atom. The molecule has 0 aliphatic heterocycles. The number of hydrogen-bond donors (Lipinski definition) is 1. The summed E-state index contributed by atoms with van der Waals surface area (Å²) >= 11 is 1.77. The third-order valence-corrected chi connectivity index (χ3v) is 3.21. The first kappa shape index (κ1) is 11.3. The van der Waals surface area contributed by atoms with E-state index < -0.39 is 0 Å². The fourth-order valence-electron chi connectivity index (χ4n) is 1.57. The van der Waals surface area contributed by atoms with Crippen molar-refractivity contribution >= 4 is 11.8 Å². The van der Waals surface area contributed by atoms with Gasteiger partial charge in [-0.15, -0.1) is 11.8 Å². The summed E-state index contributed by atoms with van der Waals surface area (Å²) in [6, 6.07) is 12.6. The average molecular weight is 234 g/mol. The summed E-state index contributed by atoms with van der Waals surface area (Å²) < 4.78 is 5.27. The molecule has 2 nitrogen and oxygen atoms in total. The van der Waals surface area contributed by atoms with E-state index in [1.165, 1.54) is 10.5 Å². The number of hydrogen-bond acceptors (Lipinski definition) is 2. The lowest BCUT2D eigenvalue weighted by Gasteiger charge is -2.01. The van der Waals surface area contributed by atoms with E-state index in [2.05, 4.69) is 35.8 Å². The molecule has 0 bridgehead atoms. The van der Waals surface area contributed by atoms with Crippen molar-refractivity contribution in [2.45, 2.75) is 18.0 Å². The molecule has 0 saturated carbocycles. The van der Waals surface area contributed by atoms with Crippen LogP contribution in [0.1, 0.15) is 11.3 Å². The van der Waals surface area contributed by atoms with E-state index in [9.17, 15) is 0 Å². The SMILES string of the molecule is CSc1ccc(C[NH2+]Cc2ccco2)cc1. The van der Waals surface area contributed by atoms with E-state index >= 15 is 0 Å². The molecule has 1 aromatic heterocycles. The van der Waals surface area contributed by atoms with Crippen LogP contribution in [0.5, 0.6) is 0 Å². The van der Waals surface area contributed by atoms with Gasteiger partial charge in [-0.25, -0.2) is 0 Å². The van der Waals surface area contributed by atoms with Crippen molar-refractivity contribution in [2.24, 2.45) is 0 Å². The summed E-state index contributed by atoms with van der Waals surface area (Å²) in [6.45, 7) is 1.90. The Morgan fingerprint density at radius 2 is 1.94 bits per heavy atom. The maximum atomic E-state index is 5.27. The number of nitrogens with two attached hydrogens (primary N) is 1. The second-order valence-electron chi connectivity index (χ2n) is 3.62. The number of furan rings is 1. The maximum absolute atomic E-state index is 5.27. The van der Waals surface area contributed by atoms with Crippen LogP contribution in [0.25, 0.3) is 0 Å². The Labute approximate surface area is 100 Å². The summed E-state index contributed by atoms with van der Waals surface area (Å²) in [5, 5.41) is 2.24. The topological polar surface area (TPSA) is 29.8 Å². The fourth-order valence-corrected chi connectivity index (χ4v) is 1.98. The van der Waals surface area contributed by atoms with Crippen LogP contribution in [-0.2, 0) is 13.1 Å². The normalized spacial score (nSPS) is 10.6. The first-order valence-electron chi connectivity index (χ1n) is 5.35. The molecule has 0 aliphatic rings. The largest absolute Gasteiger partial charge is 0.463 e. The van der Waals surface area contributed by atoms with Gasteiger partial charge in [0.15, 0.2) is 5.76 Å². The Hall–Kier alpha value is -1.19. The molecule has 0 atom stereocenters.